The molecule has 1 saturated carbocycles. The highest BCUT2D eigenvalue weighted by molar-refractivity contribution is 5.85. The summed E-state index contributed by atoms with van der Waals surface area (Å²) in [7, 11) is 0. The number of benzene rings is 1. The number of phenolic OH excluding ortho intramolecular Hbond substituents is 2. The van der Waals surface area contributed by atoms with Gasteiger partial charge in [-0.15, -0.1) is 0 Å². The average molecular weight is 385 g/mol. The van der Waals surface area contributed by atoms with E-state index in [4.69, 9.17) is 11.5 Å². The summed E-state index contributed by atoms with van der Waals surface area (Å²) in [5.74, 6) is -0.500. The maximum absolute atomic E-state index is 12.6. The molecule has 0 saturated heterocycles. The predicted octanol–water partition coefficient (Wildman–Crippen LogP) is 1.64. The van der Waals surface area contributed by atoms with Gasteiger partial charge in [-0.2, -0.15) is 0 Å². The number of aromatic nitrogens is 1. The highest BCUT2D eigenvalue weighted by Crippen LogP contribution is 2.37. The quantitative estimate of drug-likeness (QED) is 0.457. The molecule has 0 spiro atoms. The molecule has 1 amide bonds. The lowest BCUT2D eigenvalue weighted by Crippen LogP contribution is -2.56. The van der Waals surface area contributed by atoms with Gasteiger partial charge in [-0.25, -0.2) is 0 Å². The van der Waals surface area contributed by atoms with Crippen LogP contribution in [-0.4, -0.2) is 33.3 Å². The van der Waals surface area contributed by atoms with Crippen molar-refractivity contribution in [2.24, 2.45) is 11.5 Å². The van der Waals surface area contributed by atoms with Gasteiger partial charge in [-0.05, 0) is 42.5 Å². The van der Waals surface area contributed by atoms with Gasteiger partial charge in [0.25, 0.3) is 5.91 Å². The first kappa shape index (κ1) is 19.9. The highest BCUT2D eigenvalue weighted by atomic mass is 16.3. The molecule has 1 aliphatic carbocycles. The van der Waals surface area contributed by atoms with E-state index in [9.17, 15) is 15.0 Å². The van der Waals surface area contributed by atoms with Crippen molar-refractivity contribution in [3.05, 3.63) is 47.8 Å². The summed E-state index contributed by atoms with van der Waals surface area (Å²) in [6.07, 6.45) is 3.04. The molecule has 28 heavy (non-hydrogen) atoms. The molecule has 3 rings (SSSR count). The van der Waals surface area contributed by atoms with Crippen molar-refractivity contribution in [1.29, 1.82) is 0 Å². The van der Waals surface area contributed by atoms with Crippen LogP contribution in [0, 0.1) is 0 Å². The Labute approximate surface area is 164 Å². The zero-order chi connectivity index (χ0) is 20.4. The molecule has 7 N–H and O–H groups in total. The first-order valence-corrected chi connectivity index (χ1v) is 9.35. The van der Waals surface area contributed by atoms with Crippen LogP contribution in [0.15, 0.2) is 36.7 Å². The van der Waals surface area contributed by atoms with Crippen molar-refractivity contribution in [2.45, 2.75) is 51.0 Å². The molecule has 0 radical (unpaired) electrons. The Morgan fingerprint density at radius 1 is 1.21 bits per heavy atom. The molecule has 1 heterocycles. The van der Waals surface area contributed by atoms with Gasteiger partial charge in [0.1, 0.15) is 17.7 Å². The second-order valence-corrected chi connectivity index (χ2v) is 7.42. The van der Waals surface area contributed by atoms with Gasteiger partial charge in [0, 0.05) is 23.9 Å². The van der Waals surface area contributed by atoms with E-state index in [-0.39, 0.29) is 29.4 Å². The van der Waals surface area contributed by atoms with Gasteiger partial charge >= 0.3 is 0 Å². The summed E-state index contributed by atoms with van der Waals surface area (Å²) in [6, 6.07) is 6.53. The monoisotopic (exact) mass is 385 g/mol. The van der Waals surface area contributed by atoms with E-state index < -0.39 is 12.3 Å². The smallest absolute Gasteiger partial charge is 0.257 e. The van der Waals surface area contributed by atoms with Crippen LogP contribution in [0.2, 0.25) is 0 Å². The lowest BCUT2D eigenvalue weighted by molar-refractivity contribution is -0.122. The Hall–Kier alpha value is -2.84. The third-order valence-electron chi connectivity index (χ3n) is 4.85. The molecular weight excluding hydrogens is 358 g/mol. The normalized spacial score (nSPS) is 15.9. The fraction of sp³-hybridized carbons (Fsp3) is 0.400. The zero-order valence-corrected chi connectivity index (χ0v) is 16.0. The van der Waals surface area contributed by atoms with Crippen molar-refractivity contribution in [3.63, 3.8) is 0 Å². The van der Waals surface area contributed by atoms with Crippen LogP contribution in [-0.2, 0) is 4.79 Å². The number of nitrogens with one attached hydrogen (secondary N) is 1. The van der Waals surface area contributed by atoms with Crippen molar-refractivity contribution in [3.8, 4) is 11.5 Å². The van der Waals surface area contributed by atoms with Gasteiger partial charge in [-0.3, -0.25) is 9.78 Å². The van der Waals surface area contributed by atoms with Crippen LogP contribution in [0.4, 0.5) is 5.69 Å². The number of rotatable bonds is 7. The number of nitrogens with zero attached hydrogens (tertiary/aromatic N) is 2. The Kier molecular flexibility index (Phi) is 5.71. The molecule has 2 aromatic rings. The third-order valence-corrected chi connectivity index (χ3v) is 4.85. The summed E-state index contributed by atoms with van der Waals surface area (Å²) < 4.78 is 0. The largest absolute Gasteiger partial charge is 0.508 e. The maximum Gasteiger partial charge on any atom is 0.257 e. The number of nitrogens with two attached hydrogens (primary N) is 2. The van der Waals surface area contributed by atoms with Crippen molar-refractivity contribution in [2.75, 3.05) is 4.90 Å². The molecule has 1 aromatic carbocycles. The molecule has 0 aliphatic heterocycles. The molecular formula is C20H27N5O3. The van der Waals surface area contributed by atoms with E-state index in [1.807, 2.05) is 13.8 Å². The van der Waals surface area contributed by atoms with Crippen LogP contribution < -0.4 is 21.7 Å². The molecule has 1 aromatic heterocycles. The topological polar surface area (TPSA) is 138 Å². The van der Waals surface area contributed by atoms with E-state index in [1.165, 1.54) is 11.0 Å². The van der Waals surface area contributed by atoms with Crippen LogP contribution in [0.25, 0.3) is 0 Å². The minimum Gasteiger partial charge on any atom is -0.508 e. The molecule has 0 bridgehead atoms. The summed E-state index contributed by atoms with van der Waals surface area (Å²) in [4.78, 5) is 18.2. The Bertz CT molecular complexity index is 839. The van der Waals surface area contributed by atoms with Crippen molar-refractivity contribution in [1.82, 2.24) is 10.3 Å². The average Bonchev–Trinajstić information content (AvgIpc) is 3.46. The van der Waals surface area contributed by atoms with Gasteiger partial charge in [0.2, 0.25) is 0 Å². The molecule has 150 valence electrons. The number of aromatic hydroxyl groups is 2. The molecule has 1 aliphatic rings. The summed E-state index contributed by atoms with van der Waals surface area (Å²) in [6.45, 7) is 3.85. The second kappa shape index (κ2) is 8.04. The van der Waals surface area contributed by atoms with Gasteiger partial charge in [0.05, 0.1) is 11.9 Å². The first-order chi connectivity index (χ1) is 13.3. The molecule has 1 fully saturated rings. The van der Waals surface area contributed by atoms with Crippen molar-refractivity contribution < 1.29 is 15.0 Å². The van der Waals surface area contributed by atoms with Crippen LogP contribution in [0.5, 0.6) is 11.5 Å². The van der Waals surface area contributed by atoms with E-state index in [0.29, 0.717) is 16.8 Å². The number of pyridine rings is 1. The number of hydrogen-bond acceptors (Lipinski definition) is 7. The third kappa shape index (κ3) is 4.18. The standard InChI is InChI=1S/C20H27N5O3/c1-11(2)14-8-15(17(27)9-16(14)26)18(21)25(13-4-3-7-23-10-13)19(22)20(28)24-12-5-6-12/h3-4,7-12,18-19,26-27H,5-6,21-22H2,1-2H3,(H,24,28). The molecule has 2 unspecified atom stereocenters. The summed E-state index contributed by atoms with van der Waals surface area (Å²) in [5.41, 5.74) is 14.3. The van der Waals surface area contributed by atoms with Gasteiger partial charge in [0.15, 0.2) is 6.17 Å². The minimum atomic E-state index is -1.07. The van der Waals surface area contributed by atoms with E-state index in [0.717, 1.165) is 12.8 Å². The number of carbonyl (C=O) groups excluding carboxylic acids is 1. The summed E-state index contributed by atoms with van der Waals surface area (Å²) >= 11 is 0. The number of anilines is 1. The van der Waals surface area contributed by atoms with Gasteiger partial charge < -0.3 is 31.9 Å². The SMILES string of the molecule is CC(C)c1cc(C(N)N(c2cccnc2)C(N)C(=O)NC2CC2)c(O)cc1O. The minimum absolute atomic E-state index is 0.00727. The van der Waals surface area contributed by atoms with Crippen LogP contribution in [0.1, 0.15) is 49.9 Å². The van der Waals surface area contributed by atoms with E-state index in [1.54, 1.807) is 30.6 Å². The zero-order valence-electron chi connectivity index (χ0n) is 16.0. The fourth-order valence-electron chi connectivity index (χ4n) is 3.10. The highest BCUT2D eigenvalue weighted by Gasteiger charge is 2.33. The number of amides is 1. The number of phenols is 2. The Balaban J connectivity index is 2.00. The molecule has 8 nitrogen and oxygen atoms in total. The van der Waals surface area contributed by atoms with Crippen LogP contribution >= 0.6 is 0 Å². The molecule has 8 heteroatoms. The fourth-order valence-corrected chi connectivity index (χ4v) is 3.10. The van der Waals surface area contributed by atoms with E-state index in [2.05, 4.69) is 10.3 Å². The maximum atomic E-state index is 12.6. The Morgan fingerprint density at radius 3 is 2.46 bits per heavy atom. The van der Waals surface area contributed by atoms with Crippen molar-refractivity contribution >= 4 is 11.6 Å². The number of carbonyl (C=O) groups is 1. The second-order valence-electron chi connectivity index (χ2n) is 7.42. The van der Waals surface area contributed by atoms with Crippen LogP contribution in [0.3, 0.4) is 0 Å². The number of hydrogen-bond donors (Lipinski definition) is 5. The van der Waals surface area contributed by atoms with Gasteiger partial charge in [-0.1, -0.05) is 13.8 Å². The molecule has 2 atom stereocenters. The first-order valence-electron chi connectivity index (χ1n) is 9.35. The lowest BCUT2D eigenvalue weighted by Gasteiger charge is -2.35. The Morgan fingerprint density at radius 2 is 1.89 bits per heavy atom. The lowest BCUT2D eigenvalue weighted by atomic mass is 9.97. The van der Waals surface area contributed by atoms with E-state index >= 15 is 0 Å². The predicted molar refractivity (Wildman–Crippen MR) is 107 cm³/mol. The summed E-state index contributed by atoms with van der Waals surface area (Å²) in [5, 5.41) is 23.4.